The van der Waals surface area contributed by atoms with Gasteiger partial charge in [-0.15, -0.1) is 0 Å². The Morgan fingerprint density at radius 1 is 1.21 bits per heavy atom. The van der Waals surface area contributed by atoms with E-state index in [2.05, 4.69) is 22.2 Å². The molecule has 1 aromatic heterocycles. The van der Waals surface area contributed by atoms with Crippen molar-refractivity contribution in [3.8, 4) is 0 Å². The van der Waals surface area contributed by atoms with Crippen LogP contribution in [0.5, 0.6) is 0 Å². The Hall–Kier alpha value is -0.920. The summed E-state index contributed by atoms with van der Waals surface area (Å²) < 4.78 is 26.4. The number of nitrogens with one attached hydrogen (secondary N) is 1. The molecule has 0 aliphatic heterocycles. The van der Waals surface area contributed by atoms with Gasteiger partial charge in [0.2, 0.25) is 0 Å². The highest BCUT2D eigenvalue weighted by atomic mass is 35.5. The first-order valence-electron chi connectivity index (χ1n) is 8.47. The molecule has 0 amide bonds. The van der Waals surface area contributed by atoms with Crippen molar-refractivity contribution in [2.24, 2.45) is 0 Å². The maximum atomic E-state index is 10.8. The fourth-order valence-corrected chi connectivity index (χ4v) is 3.09. The summed E-state index contributed by atoms with van der Waals surface area (Å²) in [5, 5.41) is 4.01. The van der Waals surface area contributed by atoms with E-state index in [1.54, 1.807) is 6.33 Å². The summed E-state index contributed by atoms with van der Waals surface area (Å²) >= 11 is 6.31. The number of rotatable bonds is 12. The van der Waals surface area contributed by atoms with Crippen LogP contribution in [0.25, 0.3) is 0 Å². The fourth-order valence-electron chi connectivity index (χ4n) is 2.38. The molecule has 138 valence electrons. The molecule has 0 fully saturated rings. The first-order chi connectivity index (χ1) is 11.4. The highest BCUT2D eigenvalue weighted by molar-refractivity contribution is 7.85. The largest absolute Gasteiger partial charge is 0.366 e. The molecule has 1 aromatic rings. The molecule has 1 heterocycles. The van der Waals surface area contributed by atoms with Crippen molar-refractivity contribution >= 4 is 27.5 Å². The highest BCUT2D eigenvalue weighted by Gasteiger charge is 2.12. The Balaban J connectivity index is 2.31. The second-order valence-electron chi connectivity index (χ2n) is 5.82. The first-order valence-corrected chi connectivity index (χ1v) is 10.7. The van der Waals surface area contributed by atoms with Crippen LogP contribution in [0, 0.1) is 0 Å². The van der Waals surface area contributed by atoms with Crippen LogP contribution in [0.4, 0.5) is 5.82 Å². The van der Waals surface area contributed by atoms with E-state index in [1.807, 2.05) is 6.92 Å². The Bertz CT molecular complexity index is 596. The lowest BCUT2D eigenvalue weighted by atomic mass is 10.1. The van der Waals surface area contributed by atoms with E-state index in [0.29, 0.717) is 16.9 Å². The Labute approximate surface area is 150 Å². The van der Waals surface area contributed by atoms with E-state index in [1.165, 1.54) is 0 Å². The molecule has 0 aliphatic carbocycles. The molecule has 24 heavy (non-hydrogen) atoms. The van der Waals surface area contributed by atoms with Gasteiger partial charge in [0.25, 0.3) is 10.1 Å². The minimum atomic E-state index is -3.31. The summed E-state index contributed by atoms with van der Waals surface area (Å²) in [5.41, 5.74) is 0.856. The lowest BCUT2D eigenvalue weighted by Crippen LogP contribution is -2.19. The van der Waals surface area contributed by atoms with Gasteiger partial charge in [0.1, 0.15) is 17.2 Å². The lowest BCUT2D eigenvalue weighted by molar-refractivity contribution is 0.309. The summed E-state index contributed by atoms with van der Waals surface area (Å²) in [5.74, 6) is 0.705. The number of unbranched alkanes of at least 4 members (excludes halogenated alkanes) is 3. The maximum Gasteiger partial charge on any atom is 0.264 e. The zero-order valence-corrected chi connectivity index (χ0v) is 16.3. The van der Waals surface area contributed by atoms with Crippen molar-refractivity contribution in [1.82, 2.24) is 9.97 Å². The number of aryl methyl sites for hydroxylation is 1. The van der Waals surface area contributed by atoms with Crippen LogP contribution in [-0.2, 0) is 20.7 Å². The van der Waals surface area contributed by atoms with Crippen LogP contribution in [0.3, 0.4) is 0 Å². The van der Waals surface area contributed by atoms with Crippen LogP contribution in [0.2, 0.25) is 5.02 Å². The van der Waals surface area contributed by atoms with E-state index < -0.39 is 10.1 Å². The normalized spacial score (nSPS) is 13.0. The summed E-state index contributed by atoms with van der Waals surface area (Å²) in [6, 6.07) is 0.314. The predicted molar refractivity (Wildman–Crippen MR) is 98.0 cm³/mol. The molecule has 8 heteroatoms. The molecule has 0 bridgehead atoms. The van der Waals surface area contributed by atoms with Crippen LogP contribution < -0.4 is 5.32 Å². The number of nitrogens with zero attached hydrogens (tertiary/aromatic N) is 2. The monoisotopic (exact) mass is 377 g/mol. The van der Waals surface area contributed by atoms with Gasteiger partial charge in [-0.3, -0.25) is 4.18 Å². The topological polar surface area (TPSA) is 81.2 Å². The van der Waals surface area contributed by atoms with Crippen molar-refractivity contribution in [3.05, 3.63) is 17.0 Å². The Morgan fingerprint density at radius 2 is 1.92 bits per heavy atom. The van der Waals surface area contributed by atoms with Gasteiger partial charge in [0.15, 0.2) is 0 Å². The van der Waals surface area contributed by atoms with E-state index in [4.69, 9.17) is 15.8 Å². The first kappa shape index (κ1) is 21.1. The summed E-state index contributed by atoms with van der Waals surface area (Å²) in [4.78, 5) is 8.41. The van der Waals surface area contributed by atoms with Crippen LogP contribution >= 0.6 is 11.6 Å². The van der Waals surface area contributed by atoms with Gasteiger partial charge in [0, 0.05) is 6.04 Å². The van der Waals surface area contributed by atoms with Gasteiger partial charge >= 0.3 is 0 Å². The van der Waals surface area contributed by atoms with Gasteiger partial charge < -0.3 is 5.32 Å². The van der Waals surface area contributed by atoms with Gasteiger partial charge in [-0.2, -0.15) is 8.42 Å². The summed E-state index contributed by atoms with van der Waals surface area (Å²) in [6.07, 6.45) is 9.23. The van der Waals surface area contributed by atoms with E-state index in [-0.39, 0.29) is 6.61 Å². The minimum Gasteiger partial charge on any atom is -0.366 e. The van der Waals surface area contributed by atoms with Crippen LogP contribution in [0.1, 0.15) is 58.1 Å². The Morgan fingerprint density at radius 3 is 2.54 bits per heavy atom. The van der Waals surface area contributed by atoms with Gasteiger partial charge in [0.05, 0.1) is 18.6 Å². The predicted octanol–water partition coefficient (Wildman–Crippen LogP) is 3.81. The average molecular weight is 378 g/mol. The minimum absolute atomic E-state index is 0.268. The fraction of sp³-hybridized carbons (Fsp3) is 0.750. The van der Waals surface area contributed by atoms with Crippen molar-refractivity contribution < 1.29 is 12.6 Å². The number of anilines is 1. The molecule has 6 nitrogen and oxygen atoms in total. The summed E-state index contributed by atoms with van der Waals surface area (Å²) in [6.45, 7) is 4.42. The summed E-state index contributed by atoms with van der Waals surface area (Å²) in [7, 11) is -3.31. The molecule has 1 rings (SSSR count). The Kier molecular flexibility index (Phi) is 9.54. The molecular weight excluding hydrogens is 350 g/mol. The van der Waals surface area contributed by atoms with E-state index in [0.717, 1.165) is 56.9 Å². The molecule has 0 radical (unpaired) electrons. The van der Waals surface area contributed by atoms with Crippen molar-refractivity contribution in [1.29, 1.82) is 0 Å². The van der Waals surface area contributed by atoms with Crippen LogP contribution in [-0.4, -0.2) is 37.3 Å². The van der Waals surface area contributed by atoms with Crippen molar-refractivity contribution in [2.75, 3.05) is 18.2 Å². The average Bonchev–Trinajstić information content (AvgIpc) is 2.53. The zero-order chi connectivity index (χ0) is 18.0. The van der Waals surface area contributed by atoms with Crippen molar-refractivity contribution in [3.63, 3.8) is 0 Å². The molecule has 0 spiro atoms. The van der Waals surface area contributed by atoms with Crippen LogP contribution in [0.15, 0.2) is 6.33 Å². The third-order valence-corrected chi connectivity index (χ3v) is 4.77. The molecule has 0 saturated heterocycles. The number of hydrogen-bond donors (Lipinski definition) is 1. The van der Waals surface area contributed by atoms with Gasteiger partial charge in [-0.25, -0.2) is 9.97 Å². The van der Waals surface area contributed by atoms with E-state index >= 15 is 0 Å². The molecule has 1 unspecified atom stereocenters. The number of aromatic nitrogens is 2. The van der Waals surface area contributed by atoms with E-state index in [9.17, 15) is 8.42 Å². The molecule has 1 atom stereocenters. The highest BCUT2D eigenvalue weighted by Crippen LogP contribution is 2.24. The molecule has 0 aromatic carbocycles. The van der Waals surface area contributed by atoms with Gasteiger partial charge in [-0.1, -0.05) is 44.7 Å². The SMILES string of the molecule is CCc1ncnc(NC(CC)CCCCCCOS(C)(=O)=O)c1Cl. The third kappa shape index (κ3) is 8.26. The second-order valence-corrected chi connectivity index (χ2v) is 7.84. The van der Waals surface area contributed by atoms with Gasteiger partial charge in [-0.05, 0) is 25.7 Å². The zero-order valence-electron chi connectivity index (χ0n) is 14.7. The number of halogens is 1. The third-order valence-electron chi connectivity index (χ3n) is 3.77. The quantitative estimate of drug-likeness (QED) is 0.440. The molecular formula is C16H28ClN3O3S. The molecule has 0 aliphatic rings. The maximum absolute atomic E-state index is 10.8. The number of hydrogen-bond acceptors (Lipinski definition) is 6. The molecule has 0 saturated carbocycles. The lowest BCUT2D eigenvalue weighted by Gasteiger charge is -2.18. The smallest absolute Gasteiger partial charge is 0.264 e. The molecule has 1 N–H and O–H groups in total. The second kappa shape index (κ2) is 10.8. The standard InChI is InChI=1S/C16H28ClN3O3S/c1-4-13(10-8-6-7-9-11-23-24(3,21)22)20-16-15(17)14(5-2)18-12-19-16/h12-13H,4-11H2,1-3H3,(H,18,19,20). The van der Waals surface area contributed by atoms with Crippen molar-refractivity contribution in [2.45, 2.75) is 64.8 Å².